The first-order valence-electron chi connectivity index (χ1n) is 8.75. The second-order valence-corrected chi connectivity index (χ2v) is 7.63. The van der Waals surface area contributed by atoms with Crippen molar-refractivity contribution in [2.24, 2.45) is 0 Å². The summed E-state index contributed by atoms with van der Waals surface area (Å²) in [6, 6.07) is 11.9. The molecule has 0 saturated heterocycles. The average molecular weight is 411 g/mol. The lowest BCUT2D eigenvalue weighted by atomic mass is 10.1. The molecule has 4 rings (SSSR count). The molecule has 29 heavy (non-hydrogen) atoms. The number of benzene rings is 1. The van der Waals surface area contributed by atoms with Gasteiger partial charge in [-0.25, -0.2) is 9.37 Å². The molecule has 0 radical (unpaired) electrons. The highest BCUT2D eigenvalue weighted by molar-refractivity contribution is 7.84. The zero-order valence-electron chi connectivity index (χ0n) is 15.8. The minimum Gasteiger partial charge on any atom is -0.496 e. The molecule has 0 saturated carbocycles. The van der Waals surface area contributed by atoms with Crippen molar-refractivity contribution in [2.75, 3.05) is 18.7 Å². The summed E-state index contributed by atoms with van der Waals surface area (Å²) >= 11 is 0. The van der Waals surface area contributed by atoms with E-state index in [-0.39, 0.29) is 5.82 Å². The Morgan fingerprint density at radius 2 is 2.07 bits per heavy atom. The number of hydrogen-bond acceptors (Lipinski definition) is 6. The Kier molecular flexibility index (Phi) is 5.22. The second-order valence-electron chi connectivity index (χ2n) is 6.31. The fourth-order valence-electron chi connectivity index (χ4n) is 3.04. The number of rotatable bonds is 6. The first-order chi connectivity index (χ1) is 14.1. The molecular weight excluding hydrogens is 393 g/mol. The summed E-state index contributed by atoms with van der Waals surface area (Å²) < 4.78 is 32.0. The number of aromatic nitrogens is 4. The predicted octanol–water partition coefficient (Wildman–Crippen LogP) is 3.29. The summed E-state index contributed by atoms with van der Waals surface area (Å²) in [6.45, 7) is 0.439. The molecule has 9 heteroatoms. The van der Waals surface area contributed by atoms with Gasteiger partial charge in [0.15, 0.2) is 5.65 Å². The van der Waals surface area contributed by atoms with Gasteiger partial charge in [0.2, 0.25) is 0 Å². The predicted molar refractivity (Wildman–Crippen MR) is 109 cm³/mol. The fraction of sp³-hybridized carbons (Fsp3) is 0.150. The van der Waals surface area contributed by atoms with Crippen LogP contribution in [0.15, 0.2) is 60.0 Å². The van der Waals surface area contributed by atoms with Crippen LogP contribution in [0, 0.1) is 5.82 Å². The Bertz CT molecular complexity index is 1190. The molecule has 0 aliphatic carbocycles. The molecule has 148 valence electrons. The lowest BCUT2D eigenvalue weighted by Gasteiger charge is -2.13. The summed E-state index contributed by atoms with van der Waals surface area (Å²) in [7, 11) is 0.382. The molecular formula is C20H18FN5O2S. The van der Waals surface area contributed by atoms with E-state index in [1.165, 1.54) is 19.2 Å². The highest BCUT2D eigenvalue weighted by Crippen LogP contribution is 2.27. The van der Waals surface area contributed by atoms with E-state index in [2.05, 4.69) is 20.5 Å². The summed E-state index contributed by atoms with van der Waals surface area (Å²) in [4.78, 5) is 4.25. The molecule has 0 aliphatic rings. The Morgan fingerprint density at radius 3 is 2.79 bits per heavy atom. The van der Waals surface area contributed by atoms with Gasteiger partial charge in [-0.2, -0.15) is 0 Å². The van der Waals surface area contributed by atoms with Gasteiger partial charge < -0.3 is 10.1 Å². The molecule has 1 unspecified atom stereocenters. The molecule has 1 aromatic carbocycles. The molecule has 1 N–H and O–H groups in total. The van der Waals surface area contributed by atoms with Crippen molar-refractivity contribution in [1.29, 1.82) is 0 Å². The lowest BCUT2D eigenvalue weighted by Crippen LogP contribution is -2.06. The smallest absolute Gasteiger partial charge is 0.170 e. The van der Waals surface area contributed by atoms with Gasteiger partial charge in [0.05, 0.1) is 17.9 Å². The van der Waals surface area contributed by atoms with Crippen LogP contribution in [0.25, 0.3) is 16.8 Å². The van der Waals surface area contributed by atoms with Gasteiger partial charge in [0, 0.05) is 41.8 Å². The number of nitrogens with one attached hydrogen (secondary N) is 1. The Hall–Kier alpha value is -3.33. The van der Waals surface area contributed by atoms with Crippen molar-refractivity contribution in [3.8, 4) is 16.9 Å². The molecule has 0 fully saturated rings. The van der Waals surface area contributed by atoms with Gasteiger partial charge in [-0.3, -0.25) is 8.61 Å². The minimum absolute atomic E-state index is 0.345. The third kappa shape index (κ3) is 3.81. The van der Waals surface area contributed by atoms with E-state index >= 15 is 0 Å². The number of nitrogens with zero attached hydrogens (tertiary/aromatic N) is 4. The van der Waals surface area contributed by atoms with Crippen LogP contribution >= 0.6 is 0 Å². The average Bonchev–Trinajstić information content (AvgIpc) is 3.23. The number of hydrogen-bond donors (Lipinski definition) is 1. The topological polar surface area (TPSA) is 81.4 Å². The van der Waals surface area contributed by atoms with Crippen LogP contribution in [0.4, 0.5) is 10.2 Å². The second kappa shape index (κ2) is 7.96. The first kappa shape index (κ1) is 19.0. The third-order valence-electron chi connectivity index (χ3n) is 4.51. The third-order valence-corrected chi connectivity index (χ3v) is 5.34. The van der Waals surface area contributed by atoms with E-state index in [1.807, 2.05) is 22.6 Å². The normalized spacial score (nSPS) is 12.1. The molecule has 0 spiro atoms. The van der Waals surface area contributed by atoms with Crippen LogP contribution in [0.2, 0.25) is 0 Å². The van der Waals surface area contributed by atoms with Gasteiger partial charge in [-0.15, -0.1) is 10.2 Å². The van der Waals surface area contributed by atoms with Gasteiger partial charge in [0.1, 0.15) is 28.7 Å². The van der Waals surface area contributed by atoms with Crippen molar-refractivity contribution < 1.29 is 13.3 Å². The quantitative estimate of drug-likeness (QED) is 0.524. The largest absolute Gasteiger partial charge is 0.496 e. The number of methoxy groups -OCH3 is 1. The Morgan fingerprint density at radius 1 is 1.21 bits per heavy atom. The van der Waals surface area contributed by atoms with Crippen LogP contribution in [0.3, 0.4) is 0 Å². The maximum absolute atomic E-state index is 13.4. The van der Waals surface area contributed by atoms with Gasteiger partial charge in [0.25, 0.3) is 0 Å². The van der Waals surface area contributed by atoms with Crippen molar-refractivity contribution in [3.05, 3.63) is 66.4 Å². The van der Waals surface area contributed by atoms with Crippen molar-refractivity contribution in [1.82, 2.24) is 19.6 Å². The summed E-state index contributed by atoms with van der Waals surface area (Å²) in [5.41, 5.74) is 3.19. The maximum atomic E-state index is 13.4. The van der Waals surface area contributed by atoms with E-state index in [0.717, 1.165) is 22.5 Å². The monoisotopic (exact) mass is 411 g/mol. The van der Waals surface area contributed by atoms with E-state index in [1.54, 1.807) is 30.9 Å². The zero-order valence-corrected chi connectivity index (χ0v) is 16.6. The van der Waals surface area contributed by atoms with Crippen LogP contribution in [0.5, 0.6) is 5.75 Å². The fourth-order valence-corrected chi connectivity index (χ4v) is 3.50. The van der Waals surface area contributed by atoms with E-state index < -0.39 is 10.8 Å². The standard InChI is InChI=1S/C20H18FN5O2S/c1-28-17-9-15(21)5-3-14(17)11-22-18-7-6-16(20-25-24-12-26(18)20)13-4-8-19(23-10-13)29(2)27/h3-10,12,22H,11H2,1-2H3. The molecule has 1 atom stereocenters. The molecule has 3 heterocycles. The highest BCUT2D eigenvalue weighted by atomic mass is 32.2. The summed E-state index contributed by atoms with van der Waals surface area (Å²) in [5, 5.41) is 12.1. The molecule has 4 aromatic rings. The van der Waals surface area contributed by atoms with E-state index in [0.29, 0.717) is 23.0 Å². The highest BCUT2D eigenvalue weighted by Gasteiger charge is 2.12. The van der Waals surface area contributed by atoms with Gasteiger partial charge in [-0.1, -0.05) is 6.07 Å². The molecule has 0 bridgehead atoms. The zero-order chi connectivity index (χ0) is 20.4. The van der Waals surface area contributed by atoms with Crippen molar-refractivity contribution >= 4 is 22.3 Å². The Balaban J connectivity index is 1.64. The summed E-state index contributed by atoms with van der Waals surface area (Å²) in [6.07, 6.45) is 4.89. The van der Waals surface area contributed by atoms with Crippen LogP contribution in [0.1, 0.15) is 5.56 Å². The lowest BCUT2D eigenvalue weighted by molar-refractivity contribution is 0.406. The van der Waals surface area contributed by atoms with Crippen LogP contribution < -0.4 is 10.1 Å². The first-order valence-corrected chi connectivity index (χ1v) is 10.3. The number of ether oxygens (including phenoxy) is 1. The summed E-state index contributed by atoms with van der Waals surface area (Å²) in [5.74, 6) is 0.913. The molecule has 7 nitrogen and oxygen atoms in total. The minimum atomic E-state index is -1.13. The van der Waals surface area contributed by atoms with Gasteiger partial charge >= 0.3 is 0 Å². The van der Waals surface area contributed by atoms with Crippen LogP contribution in [-0.4, -0.2) is 37.2 Å². The number of anilines is 1. The molecule has 0 amide bonds. The van der Waals surface area contributed by atoms with Crippen LogP contribution in [-0.2, 0) is 17.3 Å². The van der Waals surface area contributed by atoms with Crippen molar-refractivity contribution in [3.63, 3.8) is 0 Å². The Labute approximate surface area is 169 Å². The number of halogens is 1. The molecule has 0 aliphatic heterocycles. The van der Waals surface area contributed by atoms with Crippen molar-refractivity contribution in [2.45, 2.75) is 11.6 Å². The van der Waals surface area contributed by atoms with E-state index in [9.17, 15) is 8.60 Å². The maximum Gasteiger partial charge on any atom is 0.170 e. The van der Waals surface area contributed by atoms with E-state index in [4.69, 9.17) is 4.74 Å². The SMILES string of the molecule is COc1cc(F)ccc1CNc1ccc(-c2ccc(S(C)=O)nc2)c2nncn12. The number of pyridine rings is 2. The van der Waals surface area contributed by atoms with Gasteiger partial charge in [-0.05, 0) is 30.3 Å². The number of fused-ring (bicyclic) bond motifs is 1. The molecule has 3 aromatic heterocycles.